The van der Waals surface area contributed by atoms with Crippen molar-refractivity contribution in [2.75, 3.05) is 6.54 Å². The molecule has 0 spiro atoms. The zero-order valence-corrected chi connectivity index (χ0v) is 6.72. The van der Waals surface area contributed by atoms with Crippen molar-refractivity contribution in [3.63, 3.8) is 0 Å². The standard InChI is InChI=1S/C9H12N2/c1-7-2-5-11-9-6-10-4-3-8(7)9/h2,5,10H,3-4,6H2,1H3. The molecule has 11 heavy (non-hydrogen) atoms. The van der Waals surface area contributed by atoms with Crippen LogP contribution in [0.3, 0.4) is 0 Å². The maximum Gasteiger partial charge on any atom is 0.0576 e. The summed E-state index contributed by atoms with van der Waals surface area (Å²) in [5, 5.41) is 3.31. The van der Waals surface area contributed by atoms with E-state index in [0.29, 0.717) is 0 Å². The second-order valence-corrected chi connectivity index (χ2v) is 2.98. The Morgan fingerprint density at radius 1 is 1.55 bits per heavy atom. The van der Waals surface area contributed by atoms with Crippen LogP contribution in [0.15, 0.2) is 12.3 Å². The molecule has 0 saturated carbocycles. The Morgan fingerprint density at radius 3 is 3.27 bits per heavy atom. The molecule has 0 radical (unpaired) electrons. The zero-order valence-electron chi connectivity index (χ0n) is 6.72. The molecule has 2 nitrogen and oxygen atoms in total. The Bertz CT molecular complexity index is 268. The number of nitrogens with one attached hydrogen (secondary N) is 1. The highest BCUT2D eigenvalue weighted by Crippen LogP contribution is 2.14. The Balaban J connectivity index is 2.49. The number of hydrogen-bond acceptors (Lipinski definition) is 2. The van der Waals surface area contributed by atoms with Gasteiger partial charge in [0.05, 0.1) is 5.69 Å². The van der Waals surface area contributed by atoms with Gasteiger partial charge in [0, 0.05) is 12.7 Å². The quantitative estimate of drug-likeness (QED) is 0.594. The highest BCUT2D eigenvalue weighted by atomic mass is 14.9. The molecule has 2 rings (SSSR count). The number of aryl methyl sites for hydroxylation is 1. The summed E-state index contributed by atoms with van der Waals surface area (Å²) in [7, 11) is 0. The van der Waals surface area contributed by atoms with E-state index in [2.05, 4.69) is 23.3 Å². The first-order chi connectivity index (χ1) is 5.38. The lowest BCUT2D eigenvalue weighted by molar-refractivity contribution is 0.624. The van der Waals surface area contributed by atoms with Crippen molar-refractivity contribution in [3.05, 3.63) is 29.1 Å². The number of aromatic nitrogens is 1. The highest BCUT2D eigenvalue weighted by Gasteiger charge is 2.10. The Labute approximate surface area is 66.7 Å². The summed E-state index contributed by atoms with van der Waals surface area (Å²) in [4.78, 5) is 4.32. The number of nitrogens with zero attached hydrogens (tertiary/aromatic N) is 1. The molecule has 0 unspecified atom stereocenters. The topological polar surface area (TPSA) is 24.9 Å². The molecule has 1 aliphatic rings. The van der Waals surface area contributed by atoms with Crippen LogP contribution in [0.25, 0.3) is 0 Å². The van der Waals surface area contributed by atoms with Gasteiger partial charge in [-0.3, -0.25) is 4.98 Å². The fourth-order valence-corrected chi connectivity index (χ4v) is 1.56. The van der Waals surface area contributed by atoms with Crippen molar-refractivity contribution in [2.45, 2.75) is 19.9 Å². The van der Waals surface area contributed by atoms with E-state index in [-0.39, 0.29) is 0 Å². The van der Waals surface area contributed by atoms with E-state index < -0.39 is 0 Å². The molecule has 0 fully saturated rings. The first-order valence-electron chi connectivity index (χ1n) is 4.02. The minimum atomic E-state index is 0.941. The SMILES string of the molecule is Cc1ccnc2c1CCNC2. The van der Waals surface area contributed by atoms with E-state index in [1.54, 1.807) is 0 Å². The fourth-order valence-electron chi connectivity index (χ4n) is 1.56. The summed E-state index contributed by atoms with van der Waals surface area (Å²) >= 11 is 0. The predicted molar refractivity (Wildman–Crippen MR) is 44.4 cm³/mol. The molecule has 58 valence electrons. The van der Waals surface area contributed by atoms with Crippen LogP contribution in [-0.2, 0) is 13.0 Å². The van der Waals surface area contributed by atoms with Crippen LogP contribution in [0.4, 0.5) is 0 Å². The normalized spacial score (nSPS) is 16.1. The lowest BCUT2D eigenvalue weighted by atomic mass is 10.0. The summed E-state index contributed by atoms with van der Waals surface area (Å²) in [6, 6.07) is 2.09. The second-order valence-electron chi connectivity index (χ2n) is 2.98. The van der Waals surface area contributed by atoms with Crippen LogP contribution >= 0.6 is 0 Å². The summed E-state index contributed by atoms with van der Waals surface area (Å²) in [6.07, 6.45) is 3.02. The molecule has 1 aromatic heterocycles. The van der Waals surface area contributed by atoms with E-state index in [1.807, 2.05) is 6.20 Å². The van der Waals surface area contributed by atoms with Crippen LogP contribution in [0.5, 0.6) is 0 Å². The molecule has 0 atom stereocenters. The lowest BCUT2D eigenvalue weighted by Gasteiger charge is -2.17. The molecule has 1 aliphatic heterocycles. The predicted octanol–water partition coefficient (Wildman–Crippen LogP) is 1.04. The van der Waals surface area contributed by atoms with Crippen molar-refractivity contribution < 1.29 is 0 Å². The smallest absolute Gasteiger partial charge is 0.0576 e. The Kier molecular flexibility index (Phi) is 1.62. The molecule has 1 aromatic rings. The van der Waals surface area contributed by atoms with Crippen LogP contribution < -0.4 is 5.32 Å². The third-order valence-corrected chi connectivity index (χ3v) is 2.22. The largest absolute Gasteiger partial charge is 0.311 e. The first kappa shape index (κ1) is 6.80. The average molecular weight is 148 g/mol. The molecule has 0 bridgehead atoms. The van der Waals surface area contributed by atoms with Gasteiger partial charge in [-0.1, -0.05) is 0 Å². The van der Waals surface area contributed by atoms with Crippen molar-refractivity contribution in [1.29, 1.82) is 0 Å². The molecule has 2 heteroatoms. The molecule has 2 heterocycles. The summed E-state index contributed by atoms with van der Waals surface area (Å²) in [5.41, 5.74) is 4.07. The Hall–Kier alpha value is -0.890. The minimum Gasteiger partial charge on any atom is -0.311 e. The third kappa shape index (κ3) is 1.14. The van der Waals surface area contributed by atoms with Gasteiger partial charge in [0.15, 0.2) is 0 Å². The second kappa shape index (κ2) is 2.62. The number of fused-ring (bicyclic) bond motifs is 1. The Morgan fingerprint density at radius 2 is 2.45 bits per heavy atom. The van der Waals surface area contributed by atoms with Crippen LogP contribution in [0, 0.1) is 6.92 Å². The molecule has 0 saturated heterocycles. The fraction of sp³-hybridized carbons (Fsp3) is 0.444. The monoisotopic (exact) mass is 148 g/mol. The molecule has 1 N–H and O–H groups in total. The summed E-state index contributed by atoms with van der Waals surface area (Å²) < 4.78 is 0. The van der Waals surface area contributed by atoms with E-state index in [1.165, 1.54) is 16.8 Å². The summed E-state index contributed by atoms with van der Waals surface area (Å²) in [6.45, 7) is 4.20. The number of pyridine rings is 1. The van der Waals surface area contributed by atoms with Crippen LogP contribution in [0.1, 0.15) is 16.8 Å². The highest BCUT2D eigenvalue weighted by molar-refractivity contribution is 5.30. The van der Waals surface area contributed by atoms with E-state index in [9.17, 15) is 0 Å². The molecular weight excluding hydrogens is 136 g/mol. The van der Waals surface area contributed by atoms with Gasteiger partial charge in [-0.2, -0.15) is 0 Å². The van der Waals surface area contributed by atoms with Crippen LogP contribution in [-0.4, -0.2) is 11.5 Å². The van der Waals surface area contributed by atoms with Gasteiger partial charge < -0.3 is 5.32 Å². The zero-order chi connectivity index (χ0) is 7.68. The van der Waals surface area contributed by atoms with E-state index in [4.69, 9.17) is 0 Å². The van der Waals surface area contributed by atoms with E-state index in [0.717, 1.165) is 19.5 Å². The van der Waals surface area contributed by atoms with Crippen molar-refractivity contribution in [3.8, 4) is 0 Å². The first-order valence-corrected chi connectivity index (χ1v) is 4.02. The van der Waals surface area contributed by atoms with Gasteiger partial charge in [-0.25, -0.2) is 0 Å². The van der Waals surface area contributed by atoms with E-state index >= 15 is 0 Å². The van der Waals surface area contributed by atoms with Crippen molar-refractivity contribution in [2.24, 2.45) is 0 Å². The van der Waals surface area contributed by atoms with Crippen LogP contribution in [0.2, 0.25) is 0 Å². The summed E-state index contributed by atoms with van der Waals surface area (Å²) in [5.74, 6) is 0. The van der Waals surface area contributed by atoms with Gasteiger partial charge in [0.25, 0.3) is 0 Å². The van der Waals surface area contributed by atoms with Gasteiger partial charge in [0.1, 0.15) is 0 Å². The molecule has 0 amide bonds. The van der Waals surface area contributed by atoms with Gasteiger partial charge in [-0.05, 0) is 37.1 Å². The van der Waals surface area contributed by atoms with Gasteiger partial charge in [0.2, 0.25) is 0 Å². The average Bonchev–Trinajstić information content (AvgIpc) is 2.06. The van der Waals surface area contributed by atoms with Gasteiger partial charge >= 0.3 is 0 Å². The van der Waals surface area contributed by atoms with Gasteiger partial charge in [-0.15, -0.1) is 0 Å². The maximum atomic E-state index is 4.32. The number of hydrogen-bond donors (Lipinski definition) is 1. The molecule has 0 aromatic carbocycles. The lowest BCUT2D eigenvalue weighted by Crippen LogP contribution is -2.25. The molecular formula is C9H12N2. The maximum absolute atomic E-state index is 4.32. The number of rotatable bonds is 0. The molecule has 0 aliphatic carbocycles. The minimum absolute atomic E-state index is 0.941. The van der Waals surface area contributed by atoms with Crippen molar-refractivity contribution in [1.82, 2.24) is 10.3 Å². The third-order valence-electron chi connectivity index (χ3n) is 2.22. The van der Waals surface area contributed by atoms with Crippen molar-refractivity contribution >= 4 is 0 Å².